The van der Waals surface area contributed by atoms with E-state index < -0.39 is 12.7 Å². The van der Waals surface area contributed by atoms with E-state index in [4.69, 9.17) is 9.31 Å². The highest BCUT2D eigenvalue weighted by atomic mass is 32.1. The Morgan fingerprint density at radius 2 is 2.24 bits per heavy atom. The zero-order chi connectivity index (χ0) is 15.2. The standard InChI is InChI=1S/C14H15BN2O3S/c1-8-14(3,4)20-15(19-8)10-5-6-11-12(7-10)21-13(17-11)16-9(2)18/h5-7H,1H2,2-4H3,(H,16,17,18). The molecule has 108 valence electrons. The Hall–Kier alpha value is -1.86. The van der Waals surface area contributed by atoms with Crippen LogP contribution in [-0.4, -0.2) is 23.6 Å². The van der Waals surface area contributed by atoms with E-state index in [-0.39, 0.29) is 5.91 Å². The maximum absolute atomic E-state index is 11.1. The van der Waals surface area contributed by atoms with E-state index in [0.29, 0.717) is 10.9 Å². The molecule has 0 spiro atoms. The van der Waals surface area contributed by atoms with Gasteiger partial charge in [-0.25, -0.2) is 4.98 Å². The van der Waals surface area contributed by atoms with Gasteiger partial charge in [0.2, 0.25) is 5.91 Å². The number of anilines is 1. The minimum atomic E-state index is -0.491. The molecule has 0 bridgehead atoms. The van der Waals surface area contributed by atoms with Crippen molar-refractivity contribution in [2.45, 2.75) is 26.4 Å². The number of hydrogen-bond acceptors (Lipinski definition) is 5. The van der Waals surface area contributed by atoms with Crippen LogP contribution in [0.25, 0.3) is 10.2 Å². The van der Waals surface area contributed by atoms with Crippen molar-refractivity contribution in [3.05, 3.63) is 30.5 Å². The topological polar surface area (TPSA) is 60.5 Å². The van der Waals surface area contributed by atoms with Gasteiger partial charge < -0.3 is 14.6 Å². The number of aromatic nitrogens is 1. The zero-order valence-electron chi connectivity index (χ0n) is 12.1. The number of benzene rings is 1. The quantitative estimate of drug-likeness (QED) is 0.865. The van der Waals surface area contributed by atoms with Gasteiger partial charge in [0.25, 0.3) is 0 Å². The lowest BCUT2D eigenvalue weighted by molar-refractivity contribution is -0.114. The van der Waals surface area contributed by atoms with Gasteiger partial charge >= 0.3 is 7.12 Å². The highest BCUT2D eigenvalue weighted by Gasteiger charge is 2.42. The van der Waals surface area contributed by atoms with Crippen molar-refractivity contribution in [2.24, 2.45) is 0 Å². The summed E-state index contributed by atoms with van der Waals surface area (Å²) in [5, 5.41) is 3.29. The van der Waals surface area contributed by atoms with Crippen molar-refractivity contribution < 1.29 is 14.1 Å². The first-order valence-electron chi connectivity index (χ1n) is 6.57. The van der Waals surface area contributed by atoms with E-state index in [1.54, 1.807) is 0 Å². The van der Waals surface area contributed by atoms with Crippen LogP contribution < -0.4 is 10.8 Å². The van der Waals surface area contributed by atoms with Crippen LogP contribution in [0, 0.1) is 0 Å². The molecule has 21 heavy (non-hydrogen) atoms. The summed E-state index contributed by atoms with van der Waals surface area (Å²) in [5.41, 5.74) is 1.25. The largest absolute Gasteiger partial charge is 0.563 e. The summed E-state index contributed by atoms with van der Waals surface area (Å²) >= 11 is 1.42. The van der Waals surface area contributed by atoms with Gasteiger partial charge in [-0.1, -0.05) is 24.0 Å². The molecular formula is C14H15BN2O3S. The predicted octanol–water partition coefficient (Wildman–Crippen LogP) is 2.29. The van der Waals surface area contributed by atoms with E-state index in [9.17, 15) is 4.79 Å². The van der Waals surface area contributed by atoms with E-state index in [0.717, 1.165) is 15.7 Å². The van der Waals surface area contributed by atoms with Crippen LogP contribution in [-0.2, 0) is 14.1 Å². The average molecular weight is 302 g/mol. The molecule has 2 heterocycles. The first-order valence-corrected chi connectivity index (χ1v) is 7.39. The minimum absolute atomic E-state index is 0.130. The lowest BCUT2D eigenvalue weighted by Gasteiger charge is -2.15. The fourth-order valence-electron chi connectivity index (χ4n) is 2.06. The van der Waals surface area contributed by atoms with Crippen molar-refractivity contribution in [3.8, 4) is 0 Å². The van der Waals surface area contributed by atoms with Gasteiger partial charge in [0.05, 0.1) is 16.0 Å². The first-order chi connectivity index (χ1) is 9.85. The summed E-state index contributed by atoms with van der Waals surface area (Å²) < 4.78 is 12.5. The number of rotatable bonds is 2. The molecule has 1 saturated heterocycles. The maximum Gasteiger partial charge on any atom is 0.563 e. The Morgan fingerprint density at radius 1 is 1.48 bits per heavy atom. The second-order valence-electron chi connectivity index (χ2n) is 5.43. The molecule has 0 radical (unpaired) electrons. The summed E-state index contributed by atoms with van der Waals surface area (Å²) in [7, 11) is -0.455. The number of fused-ring (bicyclic) bond motifs is 1. The molecule has 3 rings (SSSR count). The first kappa shape index (κ1) is 14.1. The normalized spacial score (nSPS) is 17.1. The minimum Gasteiger partial charge on any atom is -0.534 e. The Morgan fingerprint density at radius 3 is 2.86 bits per heavy atom. The molecule has 1 fully saturated rings. The van der Waals surface area contributed by atoms with Crippen molar-refractivity contribution >= 4 is 45.2 Å². The number of nitrogens with one attached hydrogen (secondary N) is 1. The van der Waals surface area contributed by atoms with Crippen LogP contribution in [0.2, 0.25) is 0 Å². The van der Waals surface area contributed by atoms with Gasteiger partial charge in [-0.2, -0.15) is 0 Å². The summed E-state index contributed by atoms with van der Waals surface area (Å²) in [6.45, 7) is 9.19. The van der Waals surface area contributed by atoms with Gasteiger partial charge in [0.15, 0.2) is 5.13 Å². The highest BCUT2D eigenvalue weighted by molar-refractivity contribution is 7.22. The molecule has 1 aliphatic heterocycles. The Bertz CT molecular complexity index is 741. The molecule has 1 amide bonds. The smallest absolute Gasteiger partial charge is 0.534 e. The molecule has 1 aromatic carbocycles. The summed E-state index contributed by atoms with van der Waals surface area (Å²) in [6, 6.07) is 5.78. The molecule has 2 aromatic rings. The van der Waals surface area contributed by atoms with Crippen molar-refractivity contribution in [2.75, 3.05) is 5.32 Å². The highest BCUT2D eigenvalue weighted by Crippen LogP contribution is 2.30. The number of thiazole rings is 1. The Labute approximate surface area is 127 Å². The van der Waals surface area contributed by atoms with Crippen LogP contribution in [0.4, 0.5) is 5.13 Å². The lowest BCUT2D eigenvalue weighted by atomic mass is 9.79. The van der Waals surface area contributed by atoms with Gasteiger partial charge in [-0.05, 0) is 31.4 Å². The van der Waals surface area contributed by atoms with Gasteiger partial charge in [-0.15, -0.1) is 0 Å². The lowest BCUT2D eigenvalue weighted by Crippen LogP contribution is -2.34. The molecule has 1 N–H and O–H groups in total. The Balaban J connectivity index is 1.91. The van der Waals surface area contributed by atoms with Crippen molar-refractivity contribution in [1.82, 2.24) is 4.98 Å². The molecular weight excluding hydrogens is 287 g/mol. The second kappa shape index (κ2) is 4.86. The maximum atomic E-state index is 11.1. The number of hydrogen-bond donors (Lipinski definition) is 1. The van der Waals surface area contributed by atoms with E-state index in [1.165, 1.54) is 18.3 Å². The SMILES string of the molecule is C=C1OB(c2ccc3nc(NC(C)=O)sc3c2)OC1(C)C. The molecule has 5 nitrogen and oxygen atoms in total. The molecule has 7 heteroatoms. The fourth-order valence-corrected chi connectivity index (χ4v) is 3.02. The number of carbonyl (C=O) groups is 1. The molecule has 0 saturated carbocycles. The molecule has 1 aliphatic rings. The van der Waals surface area contributed by atoms with E-state index in [2.05, 4.69) is 16.9 Å². The molecule has 1 aromatic heterocycles. The summed E-state index contributed by atoms with van der Waals surface area (Å²) in [4.78, 5) is 15.4. The summed E-state index contributed by atoms with van der Waals surface area (Å²) in [6.07, 6.45) is 0. The van der Waals surface area contributed by atoms with Crippen molar-refractivity contribution in [1.29, 1.82) is 0 Å². The van der Waals surface area contributed by atoms with Crippen LogP contribution in [0.3, 0.4) is 0 Å². The molecule has 0 unspecified atom stereocenters. The number of nitrogens with zero attached hydrogens (tertiary/aromatic N) is 1. The zero-order valence-corrected chi connectivity index (χ0v) is 12.9. The van der Waals surface area contributed by atoms with Crippen LogP contribution in [0.5, 0.6) is 0 Å². The monoisotopic (exact) mass is 302 g/mol. The van der Waals surface area contributed by atoms with Gasteiger partial charge in [-0.3, -0.25) is 4.79 Å². The van der Waals surface area contributed by atoms with Crippen LogP contribution in [0.15, 0.2) is 30.5 Å². The third kappa shape index (κ3) is 2.66. The Kier molecular flexibility index (Phi) is 3.26. The number of amides is 1. The third-order valence-corrected chi connectivity index (χ3v) is 4.22. The van der Waals surface area contributed by atoms with Gasteiger partial charge in [0, 0.05) is 6.92 Å². The van der Waals surface area contributed by atoms with E-state index in [1.807, 2.05) is 32.0 Å². The average Bonchev–Trinajstić information content (AvgIpc) is 2.88. The second-order valence-corrected chi connectivity index (χ2v) is 6.46. The van der Waals surface area contributed by atoms with Crippen LogP contribution >= 0.6 is 11.3 Å². The molecule has 0 atom stereocenters. The summed E-state index contributed by atoms with van der Waals surface area (Å²) in [5.74, 6) is 0.491. The predicted molar refractivity (Wildman–Crippen MR) is 84.7 cm³/mol. The van der Waals surface area contributed by atoms with E-state index >= 15 is 0 Å². The van der Waals surface area contributed by atoms with Crippen molar-refractivity contribution in [3.63, 3.8) is 0 Å². The van der Waals surface area contributed by atoms with Crippen LogP contribution in [0.1, 0.15) is 20.8 Å². The third-order valence-electron chi connectivity index (χ3n) is 3.29. The molecule has 0 aliphatic carbocycles. The fraction of sp³-hybridized carbons (Fsp3) is 0.286. The number of carbonyl (C=O) groups excluding carboxylic acids is 1. The van der Waals surface area contributed by atoms with Gasteiger partial charge in [0.1, 0.15) is 5.60 Å².